The molecule has 0 unspecified atom stereocenters. The second kappa shape index (κ2) is 9.94. The maximum atomic E-state index is 14.0. The van der Waals surface area contributed by atoms with Gasteiger partial charge < -0.3 is 14.8 Å². The summed E-state index contributed by atoms with van der Waals surface area (Å²) in [5.41, 5.74) is 2.37. The summed E-state index contributed by atoms with van der Waals surface area (Å²) in [4.78, 5) is 12.1. The van der Waals surface area contributed by atoms with E-state index in [1.165, 1.54) is 23.9 Å². The molecule has 0 aliphatic carbocycles. The molecule has 0 saturated carbocycles. The van der Waals surface area contributed by atoms with Crippen LogP contribution < -0.4 is 10.1 Å². The summed E-state index contributed by atoms with van der Waals surface area (Å²) in [5, 5.41) is 3.02. The molecular weight excluding hydrogens is 377 g/mol. The van der Waals surface area contributed by atoms with Gasteiger partial charge in [-0.15, -0.1) is 11.8 Å². The molecule has 1 aliphatic rings. The Morgan fingerprint density at radius 1 is 1.25 bits per heavy atom. The predicted octanol–water partition coefficient (Wildman–Crippen LogP) is 4.97. The summed E-state index contributed by atoms with van der Waals surface area (Å²) in [6.45, 7) is 4.41. The Hall–Kier alpha value is -2.05. The van der Waals surface area contributed by atoms with Crippen LogP contribution in [0.15, 0.2) is 42.5 Å². The minimum Gasteiger partial charge on any atom is -0.460 e. The van der Waals surface area contributed by atoms with Crippen LogP contribution >= 0.6 is 11.8 Å². The van der Waals surface area contributed by atoms with Crippen LogP contribution in [0.4, 0.5) is 4.39 Å². The van der Waals surface area contributed by atoms with Crippen molar-refractivity contribution in [2.75, 3.05) is 5.75 Å². The number of nitrogens with one attached hydrogen (secondary N) is 1. The molecule has 0 saturated heterocycles. The van der Waals surface area contributed by atoms with E-state index in [-0.39, 0.29) is 17.8 Å². The third-order valence-corrected chi connectivity index (χ3v) is 5.72. The van der Waals surface area contributed by atoms with Gasteiger partial charge in [0.15, 0.2) is 0 Å². The highest BCUT2D eigenvalue weighted by atomic mass is 32.2. The van der Waals surface area contributed by atoms with E-state index in [2.05, 4.69) is 19.2 Å². The molecule has 0 bridgehead atoms. The van der Waals surface area contributed by atoms with Crippen molar-refractivity contribution in [3.05, 3.63) is 65.0 Å². The predicted molar refractivity (Wildman–Crippen MR) is 110 cm³/mol. The third-order valence-electron chi connectivity index (χ3n) is 4.74. The molecule has 150 valence electrons. The van der Waals surface area contributed by atoms with Gasteiger partial charge in [0.2, 0.25) is 12.2 Å². The first-order valence-electron chi connectivity index (χ1n) is 9.62. The van der Waals surface area contributed by atoms with Crippen molar-refractivity contribution in [1.29, 1.82) is 0 Å². The normalized spacial score (nSPS) is 15.8. The van der Waals surface area contributed by atoms with Crippen LogP contribution in [0.1, 0.15) is 49.7 Å². The highest BCUT2D eigenvalue weighted by molar-refractivity contribution is 7.99. The van der Waals surface area contributed by atoms with Crippen LogP contribution in [-0.2, 0) is 21.9 Å². The number of fused-ring (bicyclic) bond motifs is 1. The maximum absolute atomic E-state index is 14.0. The molecule has 0 spiro atoms. The fraction of sp³-hybridized carbons (Fsp3) is 0.409. The summed E-state index contributed by atoms with van der Waals surface area (Å²) in [7, 11) is 0. The molecule has 1 heterocycles. The number of carbonyl (C=O) groups is 1. The molecule has 0 fully saturated rings. The zero-order valence-electron chi connectivity index (χ0n) is 16.2. The van der Waals surface area contributed by atoms with E-state index in [0.717, 1.165) is 24.0 Å². The monoisotopic (exact) mass is 403 g/mol. The van der Waals surface area contributed by atoms with Crippen molar-refractivity contribution < 1.29 is 18.7 Å². The van der Waals surface area contributed by atoms with Crippen molar-refractivity contribution in [1.82, 2.24) is 5.32 Å². The van der Waals surface area contributed by atoms with Crippen molar-refractivity contribution in [3.63, 3.8) is 0 Å². The lowest BCUT2D eigenvalue weighted by Gasteiger charge is -2.28. The summed E-state index contributed by atoms with van der Waals surface area (Å²) < 4.78 is 25.8. The molecule has 1 atom stereocenters. The lowest BCUT2D eigenvalue weighted by molar-refractivity contribution is -0.119. The molecule has 2 aromatic rings. The number of hydrogen-bond acceptors (Lipinski definition) is 4. The summed E-state index contributed by atoms with van der Waals surface area (Å²) >= 11 is 1.46. The Morgan fingerprint density at radius 2 is 2.00 bits per heavy atom. The van der Waals surface area contributed by atoms with E-state index in [1.54, 1.807) is 0 Å². The van der Waals surface area contributed by atoms with Crippen molar-refractivity contribution in [2.45, 2.75) is 51.4 Å². The number of thioether (sulfide) groups is 1. The first-order valence-corrected chi connectivity index (χ1v) is 10.8. The highest BCUT2D eigenvalue weighted by Gasteiger charge is 2.25. The lowest BCUT2D eigenvalue weighted by Crippen LogP contribution is -2.35. The van der Waals surface area contributed by atoms with E-state index >= 15 is 0 Å². The van der Waals surface area contributed by atoms with Gasteiger partial charge >= 0.3 is 0 Å². The SMILES string of the molecule is CCC(CC)NC(=O)CSCc1cc(F)cc2c1O[C@@H](c1ccccc1)OC2. The van der Waals surface area contributed by atoms with Crippen LogP contribution in [0, 0.1) is 5.82 Å². The highest BCUT2D eigenvalue weighted by Crippen LogP contribution is 2.37. The summed E-state index contributed by atoms with van der Waals surface area (Å²) in [5.74, 6) is 1.18. The van der Waals surface area contributed by atoms with Gasteiger partial charge in [0.05, 0.1) is 12.4 Å². The molecule has 0 aromatic heterocycles. The van der Waals surface area contributed by atoms with Crippen molar-refractivity contribution >= 4 is 17.7 Å². The topological polar surface area (TPSA) is 47.6 Å². The Bertz CT molecular complexity index is 796. The molecule has 1 amide bonds. The van der Waals surface area contributed by atoms with Crippen molar-refractivity contribution in [3.8, 4) is 5.75 Å². The Kier molecular flexibility index (Phi) is 7.34. The molecular formula is C22H26FNO3S. The van der Waals surface area contributed by atoms with Gasteiger partial charge in [-0.1, -0.05) is 44.2 Å². The fourth-order valence-electron chi connectivity index (χ4n) is 3.17. The first-order chi connectivity index (χ1) is 13.6. The molecule has 28 heavy (non-hydrogen) atoms. The number of ether oxygens (including phenoxy) is 2. The first kappa shape index (κ1) is 20.7. The molecule has 1 aliphatic heterocycles. The summed E-state index contributed by atoms with van der Waals surface area (Å²) in [6.07, 6.45) is 1.32. The van der Waals surface area contributed by atoms with Gasteiger partial charge in [0, 0.05) is 28.5 Å². The van der Waals surface area contributed by atoms with Gasteiger partial charge in [-0.25, -0.2) is 4.39 Å². The second-order valence-electron chi connectivity index (χ2n) is 6.80. The Balaban J connectivity index is 1.66. The molecule has 0 radical (unpaired) electrons. The number of carbonyl (C=O) groups excluding carboxylic acids is 1. The summed E-state index contributed by atoms with van der Waals surface area (Å²) in [6, 6.07) is 12.8. The van der Waals surface area contributed by atoms with Gasteiger partial charge in [-0.3, -0.25) is 4.79 Å². The average molecular weight is 404 g/mol. The van der Waals surface area contributed by atoms with Gasteiger partial charge in [0.1, 0.15) is 11.6 Å². The lowest BCUT2D eigenvalue weighted by atomic mass is 10.1. The van der Waals surface area contributed by atoms with Crippen LogP contribution in [0.25, 0.3) is 0 Å². The third kappa shape index (κ3) is 5.26. The maximum Gasteiger partial charge on any atom is 0.230 e. The smallest absolute Gasteiger partial charge is 0.230 e. The van der Waals surface area contributed by atoms with Crippen LogP contribution in [0.3, 0.4) is 0 Å². The van der Waals surface area contributed by atoms with Gasteiger partial charge in [0.25, 0.3) is 0 Å². The van der Waals surface area contributed by atoms with Crippen LogP contribution in [0.2, 0.25) is 0 Å². The number of benzene rings is 2. The van der Waals surface area contributed by atoms with E-state index < -0.39 is 6.29 Å². The van der Waals surface area contributed by atoms with Gasteiger partial charge in [-0.05, 0) is 25.0 Å². The quantitative estimate of drug-likeness (QED) is 0.676. The van der Waals surface area contributed by atoms with Crippen LogP contribution in [0.5, 0.6) is 5.75 Å². The van der Waals surface area contributed by atoms with Crippen molar-refractivity contribution in [2.24, 2.45) is 0 Å². The molecule has 4 nitrogen and oxygen atoms in total. The van der Waals surface area contributed by atoms with E-state index in [0.29, 0.717) is 29.4 Å². The van der Waals surface area contributed by atoms with E-state index in [1.807, 2.05) is 30.3 Å². The van der Waals surface area contributed by atoms with E-state index in [4.69, 9.17) is 9.47 Å². The van der Waals surface area contributed by atoms with Gasteiger partial charge in [-0.2, -0.15) is 0 Å². The molecule has 2 aromatic carbocycles. The number of rotatable bonds is 8. The molecule has 6 heteroatoms. The van der Waals surface area contributed by atoms with E-state index in [9.17, 15) is 9.18 Å². The minimum absolute atomic E-state index is 0.00962. The Labute approximate surface area is 169 Å². The van der Waals surface area contributed by atoms with Crippen LogP contribution in [-0.4, -0.2) is 17.7 Å². The average Bonchev–Trinajstić information content (AvgIpc) is 2.72. The second-order valence-corrected chi connectivity index (χ2v) is 7.78. The minimum atomic E-state index is -0.513. The zero-order chi connectivity index (χ0) is 19.9. The fourth-order valence-corrected chi connectivity index (χ4v) is 3.98. The number of hydrogen-bond donors (Lipinski definition) is 1. The zero-order valence-corrected chi connectivity index (χ0v) is 17.1. The Morgan fingerprint density at radius 3 is 2.71 bits per heavy atom. The number of halogens is 1. The number of amides is 1. The largest absolute Gasteiger partial charge is 0.460 e. The standard InChI is InChI=1S/C22H26FNO3S/c1-3-19(4-2)24-20(25)14-28-13-17-11-18(23)10-16-12-26-22(27-21(16)17)15-8-6-5-7-9-15/h5-11,19,22H,3-4,12-14H2,1-2H3,(H,24,25)/t22-/m0/s1. The molecule has 1 N–H and O–H groups in total. The molecule has 3 rings (SSSR count).